The van der Waals surface area contributed by atoms with Gasteiger partial charge in [0.2, 0.25) is 0 Å². The molecule has 2 aromatic carbocycles. The predicted molar refractivity (Wildman–Crippen MR) is 117 cm³/mol. The number of carbonyl (C=O) groups is 1. The van der Waals surface area contributed by atoms with Crippen molar-refractivity contribution in [1.29, 1.82) is 5.26 Å². The topological polar surface area (TPSA) is 78.4 Å². The minimum absolute atomic E-state index is 0.208. The average molecular weight is 458 g/mol. The number of amides is 1. The summed E-state index contributed by atoms with van der Waals surface area (Å²) in [5.41, 5.74) is 3.34. The zero-order valence-corrected chi connectivity index (χ0v) is 17.3. The molecule has 9 heteroatoms. The van der Waals surface area contributed by atoms with Crippen LogP contribution in [0.15, 0.2) is 80.7 Å². The predicted octanol–water partition coefficient (Wildman–Crippen LogP) is 5.97. The van der Waals surface area contributed by atoms with Crippen LogP contribution >= 0.6 is 23.4 Å². The van der Waals surface area contributed by atoms with E-state index in [0.29, 0.717) is 38.6 Å². The molecule has 3 rings (SSSR count). The van der Waals surface area contributed by atoms with Gasteiger partial charge in [-0.05, 0) is 30.3 Å². The Labute approximate surface area is 186 Å². The van der Waals surface area contributed by atoms with E-state index in [9.17, 15) is 18.8 Å². The Hall–Kier alpha value is -3.41. The molecule has 1 N–H and O–H groups in total. The molecule has 0 unspecified atom stereocenters. The fourth-order valence-electron chi connectivity index (χ4n) is 2.48. The molecule has 156 valence electrons. The Morgan fingerprint density at radius 1 is 1.16 bits per heavy atom. The number of hydrogen-bond donors (Lipinski definition) is 1. The van der Waals surface area contributed by atoms with E-state index in [4.69, 9.17) is 16.0 Å². The van der Waals surface area contributed by atoms with Crippen molar-refractivity contribution in [3.8, 4) is 17.4 Å². The molecule has 0 atom stereocenters. The summed E-state index contributed by atoms with van der Waals surface area (Å²) in [5.74, 6) is -2.45. The zero-order chi connectivity index (χ0) is 22.2. The van der Waals surface area contributed by atoms with Crippen LogP contribution in [0.1, 0.15) is 11.3 Å². The summed E-state index contributed by atoms with van der Waals surface area (Å²) in [7, 11) is 0. The van der Waals surface area contributed by atoms with E-state index in [-0.39, 0.29) is 11.3 Å². The number of hydrazone groups is 1. The molecular weight excluding hydrogens is 444 g/mol. The molecule has 0 saturated carbocycles. The number of alkyl halides is 2. The SMILES string of the molecule is N#CC(=Cc1ccc(-c2ccc(SC(F)F)cc2)o1)C(=O)NN=Cc1ccccc1Cl. The highest BCUT2D eigenvalue weighted by atomic mass is 35.5. The molecule has 0 aliphatic carbocycles. The second-order valence-corrected chi connectivity index (χ2v) is 7.47. The number of furan rings is 1. The number of nitriles is 1. The lowest BCUT2D eigenvalue weighted by molar-refractivity contribution is -0.117. The number of hydrogen-bond acceptors (Lipinski definition) is 5. The summed E-state index contributed by atoms with van der Waals surface area (Å²) in [4.78, 5) is 12.6. The monoisotopic (exact) mass is 457 g/mol. The van der Waals surface area contributed by atoms with Crippen LogP contribution in [0, 0.1) is 11.3 Å². The van der Waals surface area contributed by atoms with Gasteiger partial charge in [-0.2, -0.15) is 19.1 Å². The van der Waals surface area contributed by atoms with Gasteiger partial charge in [-0.3, -0.25) is 4.79 Å². The third kappa shape index (κ3) is 6.28. The summed E-state index contributed by atoms with van der Waals surface area (Å²) >= 11 is 6.46. The summed E-state index contributed by atoms with van der Waals surface area (Å²) < 4.78 is 30.5. The Morgan fingerprint density at radius 3 is 2.58 bits per heavy atom. The Bertz CT molecular complexity index is 1170. The molecule has 0 fully saturated rings. The number of thioether (sulfide) groups is 1. The molecule has 1 heterocycles. The van der Waals surface area contributed by atoms with Crippen molar-refractivity contribution in [2.75, 3.05) is 0 Å². The lowest BCUT2D eigenvalue weighted by Gasteiger charge is -2.01. The van der Waals surface area contributed by atoms with Gasteiger partial charge in [0.05, 0.1) is 6.21 Å². The second kappa shape index (κ2) is 10.6. The van der Waals surface area contributed by atoms with E-state index >= 15 is 0 Å². The Morgan fingerprint density at radius 2 is 1.90 bits per heavy atom. The molecule has 5 nitrogen and oxygen atoms in total. The lowest BCUT2D eigenvalue weighted by Crippen LogP contribution is -2.19. The van der Waals surface area contributed by atoms with Crippen LogP contribution in [-0.2, 0) is 4.79 Å². The quantitative estimate of drug-likeness (QED) is 0.156. The first-order chi connectivity index (χ1) is 15.0. The number of nitrogens with one attached hydrogen (secondary N) is 1. The van der Waals surface area contributed by atoms with Crippen LogP contribution in [0.2, 0.25) is 5.02 Å². The summed E-state index contributed by atoms with van der Waals surface area (Å²) in [6.45, 7) is 0. The number of nitrogens with zero attached hydrogens (tertiary/aromatic N) is 2. The third-order valence-electron chi connectivity index (χ3n) is 3.92. The van der Waals surface area contributed by atoms with E-state index < -0.39 is 11.7 Å². The standard InChI is InChI=1S/C22H14ClF2N3O2S/c23-19-4-2-1-3-15(19)13-27-28-21(29)16(12-26)11-17-7-10-20(30-17)14-5-8-18(9-6-14)31-22(24)25/h1-11,13,22H,(H,28,29). The average Bonchev–Trinajstić information content (AvgIpc) is 3.22. The maximum atomic E-state index is 12.4. The van der Waals surface area contributed by atoms with Crippen LogP contribution in [0.3, 0.4) is 0 Å². The van der Waals surface area contributed by atoms with Gasteiger partial charge in [0.15, 0.2) is 0 Å². The van der Waals surface area contributed by atoms with Gasteiger partial charge >= 0.3 is 0 Å². The largest absolute Gasteiger partial charge is 0.457 e. The molecule has 0 spiro atoms. The fourth-order valence-corrected chi connectivity index (χ4v) is 3.16. The van der Waals surface area contributed by atoms with E-state index in [1.165, 1.54) is 12.3 Å². The maximum Gasteiger partial charge on any atom is 0.288 e. The highest BCUT2D eigenvalue weighted by Crippen LogP contribution is 2.29. The molecule has 0 radical (unpaired) electrons. The summed E-state index contributed by atoms with van der Waals surface area (Å²) in [6, 6.07) is 18.4. The fraction of sp³-hybridized carbons (Fsp3) is 0.0455. The van der Waals surface area contributed by atoms with Crippen LogP contribution in [-0.4, -0.2) is 17.9 Å². The van der Waals surface area contributed by atoms with E-state index in [2.05, 4.69) is 10.5 Å². The lowest BCUT2D eigenvalue weighted by atomic mass is 10.2. The van der Waals surface area contributed by atoms with Crippen molar-refractivity contribution in [3.63, 3.8) is 0 Å². The first-order valence-corrected chi connectivity index (χ1v) is 10.1. The molecule has 1 amide bonds. The molecule has 0 bridgehead atoms. The molecule has 0 aliphatic heterocycles. The second-order valence-electron chi connectivity index (χ2n) is 6.00. The molecular formula is C22H14ClF2N3O2S. The normalized spacial score (nSPS) is 11.6. The van der Waals surface area contributed by atoms with Crippen molar-refractivity contribution in [2.45, 2.75) is 10.7 Å². The van der Waals surface area contributed by atoms with Gasteiger partial charge in [-0.15, -0.1) is 0 Å². The van der Waals surface area contributed by atoms with Crippen molar-refractivity contribution in [1.82, 2.24) is 5.43 Å². The van der Waals surface area contributed by atoms with Crippen molar-refractivity contribution < 1.29 is 18.0 Å². The maximum absolute atomic E-state index is 12.4. The van der Waals surface area contributed by atoms with E-state index in [0.717, 1.165) is 0 Å². The number of benzene rings is 2. The third-order valence-corrected chi connectivity index (χ3v) is 4.98. The Kier molecular flexibility index (Phi) is 7.60. The van der Waals surface area contributed by atoms with Crippen molar-refractivity contribution >= 4 is 41.6 Å². The minimum atomic E-state index is -2.49. The van der Waals surface area contributed by atoms with Gasteiger partial charge in [-0.1, -0.05) is 53.7 Å². The Balaban J connectivity index is 1.68. The van der Waals surface area contributed by atoms with E-state index in [1.807, 2.05) is 0 Å². The van der Waals surface area contributed by atoms with Crippen LogP contribution in [0.25, 0.3) is 17.4 Å². The first kappa shape index (κ1) is 22.3. The van der Waals surface area contributed by atoms with Gasteiger partial charge in [0.25, 0.3) is 11.7 Å². The summed E-state index contributed by atoms with van der Waals surface area (Å²) in [5, 5.41) is 13.6. The molecule has 1 aromatic heterocycles. The van der Waals surface area contributed by atoms with E-state index in [1.54, 1.807) is 66.7 Å². The molecule has 0 aliphatic rings. The highest BCUT2D eigenvalue weighted by Gasteiger charge is 2.11. The number of halogens is 3. The van der Waals surface area contributed by atoms with Crippen molar-refractivity contribution in [2.24, 2.45) is 5.10 Å². The van der Waals surface area contributed by atoms with Crippen LogP contribution < -0.4 is 5.43 Å². The number of rotatable bonds is 7. The molecule has 31 heavy (non-hydrogen) atoms. The van der Waals surface area contributed by atoms with Gasteiger partial charge in [0.1, 0.15) is 23.2 Å². The summed E-state index contributed by atoms with van der Waals surface area (Å²) in [6.07, 6.45) is 2.65. The van der Waals surface area contributed by atoms with Gasteiger partial charge in [0, 0.05) is 27.1 Å². The zero-order valence-electron chi connectivity index (χ0n) is 15.8. The van der Waals surface area contributed by atoms with Crippen LogP contribution in [0.4, 0.5) is 8.78 Å². The first-order valence-electron chi connectivity index (χ1n) is 8.81. The molecule has 0 saturated heterocycles. The molecule has 3 aromatic rings. The van der Waals surface area contributed by atoms with Gasteiger partial charge < -0.3 is 4.42 Å². The highest BCUT2D eigenvalue weighted by molar-refractivity contribution is 7.99. The van der Waals surface area contributed by atoms with Crippen molar-refractivity contribution in [3.05, 3.63) is 82.6 Å². The minimum Gasteiger partial charge on any atom is -0.457 e. The van der Waals surface area contributed by atoms with Gasteiger partial charge in [-0.25, -0.2) is 5.43 Å². The number of carbonyl (C=O) groups excluding carboxylic acids is 1. The smallest absolute Gasteiger partial charge is 0.288 e. The van der Waals surface area contributed by atoms with Crippen LogP contribution in [0.5, 0.6) is 0 Å².